The molecule has 1 aliphatic heterocycles. The lowest BCUT2D eigenvalue weighted by Crippen LogP contribution is -2.30. The van der Waals surface area contributed by atoms with Crippen LogP contribution in [-0.4, -0.2) is 41.6 Å². The molecule has 8 heteroatoms. The first kappa shape index (κ1) is 15.9. The van der Waals surface area contributed by atoms with Gasteiger partial charge in [-0.25, -0.2) is 13.4 Å². The molecule has 1 aliphatic rings. The number of ether oxygens (including phenoxy) is 1. The molecule has 0 radical (unpaired) electrons. The maximum Gasteiger partial charge on any atom is 0.235 e. The van der Waals surface area contributed by atoms with Gasteiger partial charge in [0, 0.05) is 24.9 Å². The van der Waals surface area contributed by atoms with E-state index in [4.69, 9.17) is 4.74 Å². The molecule has 1 fully saturated rings. The highest BCUT2D eigenvalue weighted by Crippen LogP contribution is 2.21. The van der Waals surface area contributed by atoms with Gasteiger partial charge in [0.1, 0.15) is 6.33 Å². The van der Waals surface area contributed by atoms with Gasteiger partial charge in [0.15, 0.2) is 5.82 Å². The first-order chi connectivity index (χ1) is 11.0. The Kier molecular flexibility index (Phi) is 4.63. The standard InChI is InChI=1S/C15H20N4O3S/c1-19-11-16-15(17-19)12-5-4-6-13(9-12)18-23(20,21)10-14-7-2-3-8-22-14/h4-6,9,11,14,18H,2-3,7-8,10H2,1H3. The topological polar surface area (TPSA) is 86.1 Å². The van der Waals surface area contributed by atoms with Crippen molar-refractivity contribution in [1.29, 1.82) is 0 Å². The van der Waals surface area contributed by atoms with Crippen LogP contribution in [0.2, 0.25) is 0 Å². The van der Waals surface area contributed by atoms with Gasteiger partial charge < -0.3 is 4.74 Å². The van der Waals surface area contributed by atoms with Gasteiger partial charge in [-0.2, -0.15) is 5.10 Å². The third kappa shape index (κ3) is 4.29. The van der Waals surface area contributed by atoms with Crippen LogP contribution >= 0.6 is 0 Å². The van der Waals surface area contributed by atoms with Gasteiger partial charge in [0.2, 0.25) is 10.0 Å². The zero-order chi connectivity index (χ0) is 16.3. The van der Waals surface area contributed by atoms with Gasteiger partial charge in [0.25, 0.3) is 0 Å². The van der Waals surface area contributed by atoms with Gasteiger partial charge in [0.05, 0.1) is 11.9 Å². The summed E-state index contributed by atoms with van der Waals surface area (Å²) < 4.78 is 34.3. The Balaban J connectivity index is 1.71. The largest absolute Gasteiger partial charge is 0.377 e. The number of anilines is 1. The van der Waals surface area contributed by atoms with Gasteiger partial charge in [-0.1, -0.05) is 12.1 Å². The summed E-state index contributed by atoms with van der Waals surface area (Å²) in [4.78, 5) is 4.17. The smallest absolute Gasteiger partial charge is 0.235 e. The summed E-state index contributed by atoms with van der Waals surface area (Å²) in [6, 6.07) is 7.07. The van der Waals surface area contributed by atoms with Crippen LogP contribution in [0, 0.1) is 0 Å². The summed E-state index contributed by atoms with van der Waals surface area (Å²) in [7, 11) is -1.66. The normalized spacial score (nSPS) is 18.7. The van der Waals surface area contributed by atoms with Crippen LogP contribution in [0.25, 0.3) is 11.4 Å². The molecule has 23 heavy (non-hydrogen) atoms. The van der Waals surface area contributed by atoms with Crippen molar-refractivity contribution in [2.75, 3.05) is 17.1 Å². The summed E-state index contributed by atoms with van der Waals surface area (Å²) in [6.45, 7) is 0.640. The Morgan fingerprint density at radius 1 is 1.39 bits per heavy atom. The number of aryl methyl sites for hydroxylation is 1. The minimum absolute atomic E-state index is 0.0148. The number of benzene rings is 1. The molecule has 0 aliphatic carbocycles. The van der Waals surface area contributed by atoms with Crippen LogP contribution in [0.1, 0.15) is 19.3 Å². The average molecular weight is 336 g/mol. The first-order valence-electron chi connectivity index (χ1n) is 7.60. The van der Waals surface area contributed by atoms with Gasteiger partial charge in [-0.05, 0) is 31.4 Å². The van der Waals surface area contributed by atoms with Crippen LogP contribution in [0.4, 0.5) is 5.69 Å². The fourth-order valence-electron chi connectivity index (χ4n) is 2.60. The molecule has 1 N–H and O–H groups in total. The van der Waals surface area contributed by atoms with Crippen molar-refractivity contribution in [2.24, 2.45) is 7.05 Å². The number of nitrogens with one attached hydrogen (secondary N) is 1. The summed E-state index contributed by atoms with van der Waals surface area (Å²) in [5, 5.41) is 4.22. The predicted octanol–water partition coefficient (Wildman–Crippen LogP) is 1.79. The second-order valence-electron chi connectivity index (χ2n) is 5.69. The van der Waals surface area contributed by atoms with Gasteiger partial charge in [-0.3, -0.25) is 9.40 Å². The lowest BCUT2D eigenvalue weighted by Gasteiger charge is -2.22. The van der Waals surface area contributed by atoms with Crippen molar-refractivity contribution in [3.8, 4) is 11.4 Å². The summed E-state index contributed by atoms with van der Waals surface area (Å²) in [6.07, 6.45) is 4.19. The maximum absolute atomic E-state index is 12.3. The van der Waals surface area contributed by atoms with Crippen LogP contribution < -0.4 is 4.72 Å². The van der Waals surface area contributed by atoms with Crippen molar-refractivity contribution < 1.29 is 13.2 Å². The van der Waals surface area contributed by atoms with E-state index in [0.717, 1.165) is 24.8 Å². The molecule has 0 spiro atoms. The fraction of sp³-hybridized carbons (Fsp3) is 0.467. The van der Waals surface area contributed by atoms with E-state index < -0.39 is 10.0 Å². The zero-order valence-corrected chi connectivity index (χ0v) is 13.8. The summed E-state index contributed by atoms with van der Waals surface area (Å²) >= 11 is 0. The molecule has 2 aromatic rings. The molecular weight excluding hydrogens is 316 g/mol. The van der Waals surface area contributed by atoms with E-state index in [1.54, 1.807) is 36.3 Å². The van der Waals surface area contributed by atoms with Gasteiger partial charge >= 0.3 is 0 Å². The maximum atomic E-state index is 12.3. The second-order valence-corrected chi connectivity index (χ2v) is 7.46. The lowest BCUT2D eigenvalue weighted by atomic mass is 10.1. The molecule has 7 nitrogen and oxygen atoms in total. The number of hydrogen-bond donors (Lipinski definition) is 1. The molecule has 0 bridgehead atoms. The third-order valence-corrected chi connectivity index (χ3v) is 5.03. The number of hydrogen-bond acceptors (Lipinski definition) is 5. The van der Waals surface area contributed by atoms with E-state index >= 15 is 0 Å². The monoisotopic (exact) mass is 336 g/mol. The zero-order valence-electron chi connectivity index (χ0n) is 13.0. The predicted molar refractivity (Wildman–Crippen MR) is 87.4 cm³/mol. The number of rotatable bonds is 5. The third-order valence-electron chi connectivity index (χ3n) is 3.67. The van der Waals surface area contributed by atoms with Crippen LogP contribution in [-0.2, 0) is 21.8 Å². The van der Waals surface area contributed by atoms with Crippen LogP contribution in [0.3, 0.4) is 0 Å². The van der Waals surface area contributed by atoms with E-state index in [2.05, 4.69) is 14.8 Å². The van der Waals surface area contributed by atoms with Crippen molar-refractivity contribution in [1.82, 2.24) is 14.8 Å². The quantitative estimate of drug-likeness (QED) is 0.899. The van der Waals surface area contributed by atoms with E-state index in [1.165, 1.54) is 0 Å². The molecule has 2 heterocycles. The number of aromatic nitrogens is 3. The molecule has 1 aromatic heterocycles. The highest BCUT2D eigenvalue weighted by Gasteiger charge is 2.22. The van der Waals surface area contributed by atoms with Crippen LogP contribution in [0.15, 0.2) is 30.6 Å². The Bertz CT molecular complexity index is 767. The van der Waals surface area contributed by atoms with E-state index in [-0.39, 0.29) is 11.9 Å². The molecule has 1 saturated heterocycles. The Morgan fingerprint density at radius 3 is 2.96 bits per heavy atom. The van der Waals surface area contributed by atoms with Crippen LogP contribution in [0.5, 0.6) is 0 Å². The molecule has 0 saturated carbocycles. The van der Waals surface area contributed by atoms with E-state index in [1.807, 2.05) is 6.07 Å². The van der Waals surface area contributed by atoms with Crippen molar-refractivity contribution in [3.63, 3.8) is 0 Å². The summed E-state index contributed by atoms with van der Waals surface area (Å²) in [5.41, 5.74) is 1.27. The Labute approximate surface area is 135 Å². The second kappa shape index (κ2) is 6.67. The fourth-order valence-corrected chi connectivity index (χ4v) is 3.92. The molecular formula is C15H20N4O3S. The molecule has 3 rings (SSSR count). The average Bonchev–Trinajstić information content (AvgIpc) is 2.94. The molecule has 1 atom stereocenters. The van der Waals surface area contributed by atoms with Crippen molar-refractivity contribution in [2.45, 2.75) is 25.4 Å². The Morgan fingerprint density at radius 2 is 2.26 bits per heavy atom. The molecule has 1 unspecified atom stereocenters. The highest BCUT2D eigenvalue weighted by atomic mass is 32.2. The SMILES string of the molecule is Cn1cnc(-c2cccc(NS(=O)(=O)CC3CCCCO3)c2)n1. The van der Waals surface area contributed by atoms with Crippen molar-refractivity contribution in [3.05, 3.63) is 30.6 Å². The lowest BCUT2D eigenvalue weighted by molar-refractivity contribution is 0.0306. The van der Waals surface area contributed by atoms with E-state index in [9.17, 15) is 8.42 Å². The molecule has 124 valence electrons. The first-order valence-corrected chi connectivity index (χ1v) is 9.25. The number of sulfonamides is 1. The Hall–Kier alpha value is -1.93. The minimum Gasteiger partial charge on any atom is -0.377 e. The molecule has 1 aromatic carbocycles. The molecule has 0 amide bonds. The highest BCUT2D eigenvalue weighted by molar-refractivity contribution is 7.92. The minimum atomic E-state index is -3.45. The number of nitrogens with zero attached hydrogens (tertiary/aromatic N) is 3. The van der Waals surface area contributed by atoms with Gasteiger partial charge in [-0.15, -0.1) is 0 Å². The van der Waals surface area contributed by atoms with Crippen molar-refractivity contribution >= 4 is 15.7 Å². The summed E-state index contributed by atoms with van der Waals surface area (Å²) in [5.74, 6) is 0.545. The van der Waals surface area contributed by atoms with E-state index in [0.29, 0.717) is 18.1 Å².